The SMILES string of the molecule is CCOC(=O)c1sc2cccc(F)c2c1COC(=O)c1ccc(C)cc1. The van der Waals surface area contributed by atoms with Crippen LogP contribution in [0, 0.1) is 12.7 Å². The lowest BCUT2D eigenvalue weighted by Gasteiger charge is -2.07. The topological polar surface area (TPSA) is 52.6 Å². The number of fused-ring (bicyclic) bond motifs is 1. The quantitative estimate of drug-likeness (QED) is 0.599. The van der Waals surface area contributed by atoms with E-state index in [1.54, 1.807) is 43.3 Å². The molecule has 0 aliphatic heterocycles. The smallest absolute Gasteiger partial charge is 0.348 e. The Bertz CT molecular complexity index is 960. The van der Waals surface area contributed by atoms with Crippen molar-refractivity contribution in [1.82, 2.24) is 0 Å². The minimum absolute atomic E-state index is 0.207. The third kappa shape index (κ3) is 3.60. The predicted molar refractivity (Wildman–Crippen MR) is 98.0 cm³/mol. The molecule has 3 aromatic rings. The zero-order chi connectivity index (χ0) is 18.7. The molecule has 0 unspecified atom stereocenters. The highest BCUT2D eigenvalue weighted by Gasteiger charge is 2.23. The molecule has 0 spiro atoms. The zero-order valence-corrected chi connectivity index (χ0v) is 15.2. The number of aryl methyl sites for hydroxylation is 1. The maximum Gasteiger partial charge on any atom is 0.348 e. The number of rotatable bonds is 5. The van der Waals surface area contributed by atoms with Gasteiger partial charge in [0.05, 0.1) is 12.2 Å². The second-order valence-electron chi connectivity index (χ2n) is 5.69. The van der Waals surface area contributed by atoms with E-state index in [9.17, 15) is 14.0 Å². The van der Waals surface area contributed by atoms with Gasteiger partial charge in [0.25, 0.3) is 0 Å². The second-order valence-corrected chi connectivity index (χ2v) is 6.74. The van der Waals surface area contributed by atoms with Crippen molar-refractivity contribution in [2.75, 3.05) is 6.61 Å². The summed E-state index contributed by atoms with van der Waals surface area (Å²) in [6.07, 6.45) is 0. The van der Waals surface area contributed by atoms with E-state index in [-0.39, 0.29) is 23.5 Å². The van der Waals surface area contributed by atoms with Crippen LogP contribution in [0.4, 0.5) is 4.39 Å². The van der Waals surface area contributed by atoms with Crippen molar-refractivity contribution in [3.8, 4) is 0 Å². The minimum Gasteiger partial charge on any atom is -0.462 e. The van der Waals surface area contributed by atoms with Crippen molar-refractivity contribution >= 4 is 33.4 Å². The number of halogens is 1. The largest absolute Gasteiger partial charge is 0.462 e. The van der Waals surface area contributed by atoms with Crippen LogP contribution in [0.25, 0.3) is 10.1 Å². The highest BCUT2D eigenvalue weighted by atomic mass is 32.1. The van der Waals surface area contributed by atoms with Crippen LogP contribution >= 0.6 is 11.3 Å². The van der Waals surface area contributed by atoms with Gasteiger partial charge in [0, 0.05) is 15.6 Å². The molecule has 1 heterocycles. The molecule has 6 heteroatoms. The van der Waals surface area contributed by atoms with Gasteiger partial charge in [-0.3, -0.25) is 0 Å². The van der Waals surface area contributed by atoms with E-state index in [0.29, 0.717) is 15.8 Å². The molecule has 0 fully saturated rings. The van der Waals surface area contributed by atoms with Crippen LogP contribution in [-0.4, -0.2) is 18.5 Å². The number of benzene rings is 2. The number of thiophene rings is 1. The van der Waals surface area contributed by atoms with Crippen LogP contribution in [-0.2, 0) is 16.1 Å². The Labute approximate surface area is 154 Å². The van der Waals surface area contributed by atoms with Crippen LogP contribution in [0.15, 0.2) is 42.5 Å². The van der Waals surface area contributed by atoms with Crippen molar-refractivity contribution in [3.05, 3.63) is 69.8 Å². The van der Waals surface area contributed by atoms with E-state index in [2.05, 4.69) is 0 Å². The number of carbonyl (C=O) groups is 2. The zero-order valence-electron chi connectivity index (χ0n) is 14.4. The molecule has 0 radical (unpaired) electrons. The molecular weight excluding hydrogens is 355 g/mol. The van der Waals surface area contributed by atoms with Gasteiger partial charge in [0.15, 0.2) is 0 Å². The van der Waals surface area contributed by atoms with E-state index in [1.165, 1.54) is 6.07 Å². The second kappa shape index (κ2) is 7.66. The van der Waals surface area contributed by atoms with Crippen molar-refractivity contribution < 1.29 is 23.5 Å². The van der Waals surface area contributed by atoms with Crippen LogP contribution in [0.3, 0.4) is 0 Å². The van der Waals surface area contributed by atoms with Gasteiger partial charge in [-0.25, -0.2) is 14.0 Å². The number of ether oxygens (including phenoxy) is 2. The first-order chi connectivity index (χ1) is 12.5. The summed E-state index contributed by atoms with van der Waals surface area (Å²) < 4.78 is 25.3. The standard InChI is InChI=1S/C20H17FO4S/c1-3-24-20(23)18-14(17-15(21)5-4-6-16(17)26-18)11-25-19(22)13-9-7-12(2)8-10-13/h4-10H,3,11H2,1-2H3. The molecule has 0 atom stereocenters. The first kappa shape index (κ1) is 18.1. The summed E-state index contributed by atoms with van der Waals surface area (Å²) in [5, 5.41) is 0.289. The highest BCUT2D eigenvalue weighted by Crippen LogP contribution is 2.34. The van der Waals surface area contributed by atoms with Gasteiger partial charge in [-0.1, -0.05) is 23.8 Å². The molecule has 0 bridgehead atoms. The van der Waals surface area contributed by atoms with Crippen LogP contribution < -0.4 is 0 Å². The molecule has 0 amide bonds. The van der Waals surface area contributed by atoms with Gasteiger partial charge in [-0.2, -0.15) is 0 Å². The first-order valence-electron chi connectivity index (χ1n) is 8.12. The molecule has 2 aromatic carbocycles. The highest BCUT2D eigenvalue weighted by molar-refractivity contribution is 7.21. The van der Waals surface area contributed by atoms with Crippen molar-refractivity contribution in [1.29, 1.82) is 0 Å². The lowest BCUT2D eigenvalue weighted by Crippen LogP contribution is -2.09. The molecular formula is C20H17FO4S. The first-order valence-corrected chi connectivity index (χ1v) is 8.93. The number of hydrogen-bond acceptors (Lipinski definition) is 5. The van der Waals surface area contributed by atoms with Crippen molar-refractivity contribution in [2.24, 2.45) is 0 Å². The molecule has 0 saturated carbocycles. The lowest BCUT2D eigenvalue weighted by atomic mass is 10.1. The Kier molecular flexibility index (Phi) is 5.32. The monoisotopic (exact) mass is 372 g/mol. The Morgan fingerprint density at radius 1 is 1.04 bits per heavy atom. The molecule has 0 aliphatic carbocycles. The number of carbonyl (C=O) groups excluding carboxylic acids is 2. The van der Waals surface area contributed by atoms with Crippen molar-refractivity contribution in [3.63, 3.8) is 0 Å². The third-order valence-electron chi connectivity index (χ3n) is 3.86. The predicted octanol–water partition coefficient (Wildman–Crippen LogP) is 4.88. The van der Waals surface area contributed by atoms with E-state index < -0.39 is 17.8 Å². The van der Waals surface area contributed by atoms with Gasteiger partial charge in [-0.15, -0.1) is 11.3 Å². The summed E-state index contributed by atoms with van der Waals surface area (Å²) in [7, 11) is 0. The summed E-state index contributed by atoms with van der Waals surface area (Å²) in [4.78, 5) is 24.7. The Morgan fingerprint density at radius 2 is 1.77 bits per heavy atom. The molecule has 26 heavy (non-hydrogen) atoms. The average molecular weight is 372 g/mol. The molecule has 1 aromatic heterocycles. The van der Waals surface area contributed by atoms with E-state index in [0.717, 1.165) is 16.9 Å². The summed E-state index contributed by atoms with van der Waals surface area (Å²) in [6.45, 7) is 3.61. The van der Waals surface area contributed by atoms with Gasteiger partial charge >= 0.3 is 11.9 Å². The van der Waals surface area contributed by atoms with Crippen LogP contribution in [0.1, 0.15) is 38.1 Å². The van der Waals surface area contributed by atoms with Gasteiger partial charge < -0.3 is 9.47 Å². The molecule has 4 nitrogen and oxygen atoms in total. The Morgan fingerprint density at radius 3 is 2.46 bits per heavy atom. The van der Waals surface area contributed by atoms with Gasteiger partial charge in [0.2, 0.25) is 0 Å². The van der Waals surface area contributed by atoms with E-state index in [1.807, 2.05) is 6.92 Å². The lowest BCUT2D eigenvalue weighted by molar-refractivity contribution is 0.0454. The maximum atomic E-state index is 14.3. The van der Waals surface area contributed by atoms with E-state index >= 15 is 0 Å². The molecule has 134 valence electrons. The fraction of sp³-hybridized carbons (Fsp3) is 0.200. The minimum atomic E-state index is -0.547. The third-order valence-corrected chi connectivity index (χ3v) is 5.04. The number of esters is 2. The summed E-state index contributed by atoms with van der Waals surface area (Å²) in [5.41, 5.74) is 1.76. The Hall–Kier alpha value is -2.73. The fourth-order valence-electron chi connectivity index (χ4n) is 2.58. The van der Waals surface area contributed by atoms with Crippen LogP contribution in [0.2, 0.25) is 0 Å². The summed E-state index contributed by atoms with van der Waals surface area (Å²) >= 11 is 1.13. The molecule has 3 rings (SSSR count). The maximum absolute atomic E-state index is 14.3. The van der Waals surface area contributed by atoms with Crippen molar-refractivity contribution in [2.45, 2.75) is 20.5 Å². The summed E-state index contributed by atoms with van der Waals surface area (Å²) in [5.74, 6) is -1.54. The Balaban J connectivity index is 1.92. The summed E-state index contributed by atoms with van der Waals surface area (Å²) in [6, 6.07) is 11.5. The van der Waals surface area contributed by atoms with Gasteiger partial charge in [-0.05, 0) is 38.1 Å². The van der Waals surface area contributed by atoms with Gasteiger partial charge in [0.1, 0.15) is 17.3 Å². The molecule has 0 N–H and O–H groups in total. The average Bonchev–Trinajstić information content (AvgIpc) is 3.00. The number of hydrogen-bond donors (Lipinski definition) is 0. The normalized spacial score (nSPS) is 10.7. The van der Waals surface area contributed by atoms with E-state index in [4.69, 9.17) is 9.47 Å². The molecule has 0 aliphatic rings. The van der Waals surface area contributed by atoms with Crippen LogP contribution in [0.5, 0.6) is 0 Å². The molecule has 0 saturated heterocycles. The fourth-order valence-corrected chi connectivity index (χ4v) is 3.69.